The Labute approximate surface area is 70.8 Å². The minimum atomic E-state index is -0.356. The lowest BCUT2D eigenvalue weighted by Gasteiger charge is -1.94. The predicted octanol–water partition coefficient (Wildman–Crippen LogP) is 0.408. The number of carbonyl (C=O) groups excluding carboxylic acids is 1. The van der Waals surface area contributed by atoms with Gasteiger partial charge in [0.15, 0.2) is 18.4 Å². The van der Waals surface area contributed by atoms with Crippen LogP contribution in [-0.2, 0) is 0 Å². The number of amides is 1. The van der Waals surface area contributed by atoms with Crippen LogP contribution < -0.4 is 10.3 Å². The maximum atomic E-state index is 10.8. The Kier molecular flexibility index (Phi) is 1.57. The molecular formula is C9H11N2O+. The minimum Gasteiger partial charge on any atom is -0.365 e. The number of carbonyl (C=O) groups is 1. The molecule has 0 spiro atoms. The van der Waals surface area contributed by atoms with E-state index in [2.05, 4.69) is 4.57 Å². The quantitative estimate of drug-likeness (QED) is 0.630. The smallest absolute Gasteiger partial charge is 0.254 e. The summed E-state index contributed by atoms with van der Waals surface area (Å²) in [5, 5.41) is 0. The second kappa shape index (κ2) is 2.59. The average molecular weight is 163 g/mol. The fourth-order valence-corrected chi connectivity index (χ4v) is 1.24. The molecule has 1 fully saturated rings. The van der Waals surface area contributed by atoms with E-state index in [9.17, 15) is 4.79 Å². The maximum Gasteiger partial charge on any atom is 0.254 e. The number of rotatable bonds is 2. The number of aromatic nitrogens is 1. The van der Waals surface area contributed by atoms with Crippen molar-refractivity contribution in [2.24, 2.45) is 5.73 Å². The second-order valence-corrected chi connectivity index (χ2v) is 3.14. The molecule has 1 aliphatic rings. The van der Waals surface area contributed by atoms with Gasteiger partial charge in [0, 0.05) is 18.9 Å². The van der Waals surface area contributed by atoms with Crippen LogP contribution in [0.3, 0.4) is 0 Å². The summed E-state index contributed by atoms with van der Waals surface area (Å²) in [5.74, 6) is -0.356. The summed E-state index contributed by atoms with van der Waals surface area (Å²) < 4.78 is 2.06. The number of hydrogen-bond donors (Lipinski definition) is 1. The average Bonchev–Trinajstić information content (AvgIpc) is 2.87. The van der Waals surface area contributed by atoms with Gasteiger partial charge in [-0.05, 0) is 6.07 Å². The van der Waals surface area contributed by atoms with Crippen molar-refractivity contribution in [1.29, 1.82) is 0 Å². The monoisotopic (exact) mass is 163 g/mol. The van der Waals surface area contributed by atoms with Crippen LogP contribution in [0.1, 0.15) is 29.2 Å². The molecule has 0 atom stereocenters. The normalized spacial score (nSPS) is 16.0. The highest BCUT2D eigenvalue weighted by molar-refractivity contribution is 5.92. The Balaban J connectivity index is 2.32. The highest BCUT2D eigenvalue weighted by atomic mass is 16.1. The molecule has 1 aliphatic carbocycles. The topological polar surface area (TPSA) is 47.0 Å². The molecule has 1 amide bonds. The predicted molar refractivity (Wildman–Crippen MR) is 43.4 cm³/mol. The van der Waals surface area contributed by atoms with E-state index in [1.807, 2.05) is 18.5 Å². The van der Waals surface area contributed by atoms with Crippen molar-refractivity contribution in [2.75, 3.05) is 0 Å². The van der Waals surface area contributed by atoms with E-state index in [0.717, 1.165) is 0 Å². The SMILES string of the molecule is NC(=O)c1ccc[n+](C2CC2)c1. The third-order valence-electron chi connectivity index (χ3n) is 2.08. The Morgan fingerprint density at radius 1 is 1.58 bits per heavy atom. The molecule has 1 aromatic heterocycles. The molecule has 2 N–H and O–H groups in total. The Hall–Kier alpha value is -1.38. The van der Waals surface area contributed by atoms with E-state index in [4.69, 9.17) is 5.73 Å². The fourth-order valence-electron chi connectivity index (χ4n) is 1.24. The van der Waals surface area contributed by atoms with Gasteiger partial charge in [0.1, 0.15) is 5.56 Å². The third-order valence-corrected chi connectivity index (χ3v) is 2.08. The van der Waals surface area contributed by atoms with E-state index in [1.54, 1.807) is 6.07 Å². The summed E-state index contributed by atoms with van der Waals surface area (Å²) in [4.78, 5) is 10.8. The highest BCUT2D eigenvalue weighted by Crippen LogP contribution is 2.28. The van der Waals surface area contributed by atoms with Crippen molar-refractivity contribution in [1.82, 2.24) is 0 Å². The molecular weight excluding hydrogens is 152 g/mol. The standard InChI is InChI=1S/C9H10N2O/c10-9(12)7-2-1-5-11(6-7)8-3-4-8/h1-2,5-6,8H,3-4H2,(H-,10,12)/p+1. The van der Waals surface area contributed by atoms with Gasteiger partial charge in [-0.15, -0.1) is 0 Å². The van der Waals surface area contributed by atoms with Crippen LogP contribution in [0, 0.1) is 0 Å². The minimum absolute atomic E-state index is 0.356. The van der Waals surface area contributed by atoms with E-state index in [-0.39, 0.29) is 5.91 Å². The molecule has 2 rings (SSSR count). The van der Waals surface area contributed by atoms with Crippen LogP contribution in [0.15, 0.2) is 24.5 Å². The number of pyridine rings is 1. The number of nitrogens with two attached hydrogens (primary N) is 1. The summed E-state index contributed by atoms with van der Waals surface area (Å²) in [7, 11) is 0. The van der Waals surface area contributed by atoms with Gasteiger partial charge in [0.25, 0.3) is 5.91 Å². The van der Waals surface area contributed by atoms with Crippen LogP contribution in [-0.4, -0.2) is 5.91 Å². The molecule has 62 valence electrons. The summed E-state index contributed by atoms with van der Waals surface area (Å²) in [6, 6.07) is 4.20. The van der Waals surface area contributed by atoms with Gasteiger partial charge in [-0.3, -0.25) is 4.79 Å². The van der Waals surface area contributed by atoms with Gasteiger partial charge in [-0.25, -0.2) is 4.57 Å². The zero-order chi connectivity index (χ0) is 8.55. The molecule has 1 aromatic rings. The molecule has 0 aromatic carbocycles. The molecule has 0 bridgehead atoms. The summed E-state index contributed by atoms with van der Waals surface area (Å²) in [5.41, 5.74) is 5.74. The molecule has 12 heavy (non-hydrogen) atoms. The third kappa shape index (κ3) is 1.30. The summed E-state index contributed by atoms with van der Waals surface area (Å²) in [6.07, 6.45) is 6.23. The van der Waals surface area contributed by atoms with Crippen molar-refractivity contribution < 1.29 is 9.36 Å². The summed E-state index contributed by atoms with van der Waals surface area (Å²) >= 11 is 0. The fraction of sp³-hybridized carbons (Fsp3) is 0.333. The zero-order valence-electron chi connectivity index (χ0n) is 6.73. The molecule has 0 saturated heterocycles. The van der Waals surface area contributed by atoms with Crippen molar-refractivity contribution >= 4 is 5.91 Å². The largest absolute Gasteiger partial charge is 0.365 e. The second-order valence-electron chi connectivity index (χ2n) is 3.14. The van der Waals surface area contributed by atoms with Gasteiger partial charge in [-0.1, -0.05) is 0 Å². The van der Waals surface area contributed by atoms with Gasteiger partial charge in [-0.2, -0.15) is 0 Å². The molecule has 3 heteroatoms. The van der Waals surface area contributed by atoms with Crippen LogP contribution in [0.5, 0.6) is 0 Å². The highest BCUT2D eigenvalue weighted by Gasteiger charge is 2.31. The van der Waals surface area contributed by atoms with Crippen molar-refractivity contribution in [3.63, 3.8) is 0 Å². The maximum absolute atomic E-state index is 10.8. The molecule has 0 unspecified atom stereocenters. The van der Waals surface area contributed by atoms with Gasteiger partial charge in [0.05, 0.1) is 0 Å². The molecule has 0 aliphatic heterocycles. The summed E-state index contributed by atoms with van der Waals surface area (Å²) in [6.45, 7) is 0. The van der Waals surface area contributed by atoms with E-state index >= 15 is 0 Å². The van der Waals surface area contributed by atoms with Gasteiger partial charge >= 0.3 is 0 Å². The van der Waals surface area contributed by atoms with E-state index in [1.165, 1.54) is 12.8 Å². The van der Waals surface area contributed by atoms with Crippen LogP contribution in [0.2, 0.25) is 0 Å². The zero-order valence-corrected chi connectivity index (χ0v) is 6.73. The number of hydrogen-bond acceptors (Lipinski definition) is 1. The van der Waals surface area contributed by atoms with E-state index in [0.29, 0.717) is 11.6 Å². The Morgan fingerprint density at radius 3 is 2.92 bits per heavy atom. The van der Waals surface area contributed by atoms with Crippen molar-refractivity contribution in [3.05, 3.63) is 30.1 Å². The molecule has 1 saturated carbocycles. The van der Waals surface area contributed by atoms with Crippen LogP contribution >= 0.6 is 0 Å². The molecule has 0 radical (unpaired) electrons. The molecule has 1 heterocycles. The first-order valence-corrected chi connectivity index (χ1v) is 4.08. The van der Waals surface area contributed by atoms with E-state index < -0.39 is 0 Å². The first kappa shape index (κ1) is 7.28. The lowest BCUT2D eigenvalue weighted by molar-refractivity contribution is -0.700. The Bertz CT molecular complexity index is 318. The first-order chi connectivity index (χ1) is 5.77. The van der Waals surface area contributed by atoms with Gasteiger partial charge < -0.3 is 5.73 Å². The van der Waals surface area contributed by atoms with Crippen molar-refractivity contribution in [3.8, 4) is 0 Å². The number of primary amides is 1. The number of nitrogens with zero attached hydrogens (tertiary/aromatic N) is 1. The van der Waals surface area contributed by atoms with Crippen LogP contribution in [0.4, 0.5) is 0 Å². The van der Waals surface area contributed by atoms with Crippen LogP contribution in [0.25, 0.3) is 0 Å². The molecule has 3 nitrogen and oxygen atoms in total. The van der Waals surface area contributed by atoms with Crippen molar-refractivity contribution in [2.45, 2.75) is 18.9 Å². The lowest BCUT2D eigenvalue weighted by Crippen LogP contribution is -2.32. The first-order valence-electron chi connectivity index (χ1n) is 4.08. The Morgan fingerprint density at radius 2 is 2.33 bits per heavy atom. The lowest BCUT2D eigenvalue weighted by atomic mass is 10.3. The van der Waals surface area contributed by atoms with Gasteiger partial charge in [0.2, 0.25) is 0 Å².